The van der Waals surface area contributed by atoms with Crippen molar-refractivity contribution in [2.75, 3.05) is 0 Å². The summed E-state index contributed by atoms with van der Waals surface area (Å²) in [4.78, 5) is 10.7. The van der Waals surface area contributed by atoms with Gasteiger partial charge in [0, 0.05) is 5.02 Å². The zero-order valence-electron chi connectivity index (χ0n) is 8.11. The molecule has 0 bridgehead atoms. The van der Waals surface area contributed by atoms with Crippen LogP contribution in [0.3, 0.4) is 0 Å². The summed E-state index contributed by atoms with van der Waals surface area (Å²) in [6, 6.07) is 4.79. The highest BCUT2D eigenvalue weighted by Gasteiger charge is 2.07. The minimum absolute atomic E-state index is 0.387. The van der Waals surface area contributed by atoms with E-state index in [-0.39, 0.29) is 0 Å². The van der Waals surface area contributed by atoms with E-state index >= 15 is 0 Å². The highest BCUT2D eigenvalue weighted by atomic mass is 35.5. The maximum atomic E-state index is 10.7. The Kier molecular flexibility index (Phi) is 4.66. The normalized spacial score (nSPS) is 12.7. The molecule has 0 N–H and O–H groups in total. The van der Waals surface area contributed by atoms with Gasteiger partial charge in [0.25, 0.3) is 0 Å². The van der Waals surface area contributed by atoms with Crippen molar-refractivity contribution in [2.24, 2.45) is 0 Å². The van der Waals surface area contributed by atoms with Gasteiger partial charge < -0.3 is 4.74 Å². The fourth-order valence-electron chi connectivity index (χ4n) is 1.03. The molecule has 0 aliphatic heterocycles. The quantitative estimate of drug-likeness (QED) is 0.459. The van der Waals surface area contributed by atoms with Gasteiger partial charge in [0.05, 0.1) is 5.56 Å². The molecule has 0 aliphatic rings. The van der Waals surface area contributed by atoms with Crippen LogP contribution in [0.4, 0.5) is 0 Å². The topological polar surface area (TPSA) is 26.3 Å². The lowest BCUT2D eigenvalue weighted by Gasteiger charge is -2.10. The highest BCUT2D eigenvalue weighted by Crippen LogP contribution is 2.23. The minimum Gasteiger partial charge on any atom is -0.470 e. The molecule has 0 aliphatic carbocycles. The minimum atomic E-state index is -0.588. The van der Waals surface area contributed by atoms with E-state index in [1.54, 1.807) is 24.3 Å². The Morgan fingerprint density at radius 3 is 2.80 bits per heavy atom. The largest absolute Gasteiger partial charge is 0.470 e. The maximum absolute atomic E-state index is 10.7. The molecule has 1 unspecified atom stereocenters. The van der Waals surface area contributed by atoms with E-state index in [4.69, 9.17) is 27.9 Å². The summed E-state index contributed by atoms with van der Waals surface area (Å²) in [7, 11) is 0. The van der Waals surface area contributed by atoms with E-state index in [1.165, 1.54) is 6.07 Å². The van der Waals surface area contributed by atoms with Gasteiger partial charge in [0.2, 0.25) is 0 Å². The van der Waals surface area contributed by atoms with E-state index in [2.05, 4.69) is 0 Å². The van der Waals surface area contributed by atoms with Gasteiger partial charge in [0.1, 0.15) is 5.75 Å². The fourth-order valence-corrected chi connectivity index (χ4v) is 1.45. The molecule has 0 amide bonds. The Balaban J connectivity index is 2.89. The van der Waals surface area contributed by atoms with Crippen molar-refractivity contribution in [2.45, 2.75) is 12.5 Å². The molecule has 0 heterocycles. The van der Waals surface area contributed by atoms with E-state index in [1.807, 2.05) is 6.92 Å². The zero-order chi connectivity index (χ0) is 11.3. The SMILES string of the molecule is CC=CC(Cl)Oc1ccc(Cl)cc1C=O. The predicted octanol–water partition coefficient (Wildman–Crippen LogP) is 3.67. The number of benzene rings is 1. The van der Waals surface area contributed by atoms with Gasteiger partial charge in [-0.05, 0) is 31.2 Å². The van der Waals surface area contributed by atoms with Crippen molar-refractivity contribution in [1.29, 1.82) is 0 Å². The lowest BCUT2D eigenvalue weighted by atomic mass is 10.2. The molecule has 0 fully saturated rings. The van der Waals surface area contributed by atoms with Crippen molar-refractivity contribution in [1.82, 2.24) is 0 Å². The van der Waals surface area contributed by atoms with Gasteiger partial charge in [-0.3, -0.25) is 4.79 Å². The lowest BCUT2D eigenvalue weighted by molar-refractivity contribution is 0.111. The third-order valence-electron chi connectivity index (χ3n) is 1.68. The summed E-state index contributed by atoms with van der Waals surface area (Å²) in [6.45, 7) is 1.83. The van der Waals surface area contributed by atoms with Crippen molar-refractivity contribution in [3.8, 4) is 5.75 Å². The molecule has 15 heavy (non-hydrogen) atoms. The summed E-state index contributed by atoms with van der Waals surface area (Å²) in [6.07, 6.45) is 4.12. The molecule has 0 saturated heterocycles. The van der Waals surface area contributed by atoms with Gasteiger partial charge in [-0.25, -0.2) is 0 Å². The second-order valence-corrected chi connectivity index (χ2v) is 3.66. The van der Waals surface area contributed by atoms with Gasteiger partial charge in [-0.15, -0.1) is 0 Å². The molecule has 0 spiro atoms. The number of ether oxygens (including phenoxy) is 1. The number of rotatable bonds is 4. The molecule has 0 saturated carbocycles. The van der Waals surface area contributed by atoms with Gasteiger partial charge in [-0.1, -0.05) is 29.3 Å². The third-order valence-corrected chi connectivity index (χ3v) is 2.15. The fraction of sp³-hybridized carbons (Fsp3) is 0.182. The monoisotopic (exact) mass is 244 g/mol. The van der Waals surface area contributed by atoms with E-state index in [0.29, 0.717) is 22.6 Å². The van der Waals surface area contributed by atoms with Crippen LogP contribution >= 0.6 is 23.2 Å². The smallest absolute Gasteiger partial charge is 0.190 e. The van der Waals surface area contributed by atoms with Crippen LogP contribution in [-0.4, -0.2) is 11.8 Å². The van der Waals surface area contributed by atoms with Crippen LogP contribution in [-0.2, 0) is 0 Å². The van der Waals surface area contributed by atoms with Crippen LogP contribution in [0.15, 0.2) is 30.4 Å². The Hall–Kier alpha value is -0.990. The Morgan fingerprint density at radius 1 is 1.47 bits per heavy atom. The average molecular weight is 245 g/mol. The number of hydrogen-bond donors (Lipinski definition) is 0. The van der Waals surface area contributed by atoms with Crippen molar-refractivity contribution in [3.05, 3.63) is 40.9 Å². The molecule has 2 nitrogen and oxygen atoms in total. The van der Waals surface area contributed by atoms with Crippen LogP contribution in [0.1, 0.15) is 17.3 Å². The molecular formula is C11H10Cl2O2. The molecule has 80 valence electrons. The molecular weight excluding hydrogens is 235 g/mol. The first-order chi connectivity index (χ1) is 7.17. The summed E-state index contributed by atoms with van der Waals surface area (Å²) in [5, 5.41) is 0.488. The summed E-state index contributed by atoms with van der Waals surface area (Å²) < 4.78 is 5.32. The van der Waals surface area contributed by atoms with Crippen LogP contribution in [0.2, 0.25) is 5.02 Å². The summed E-state index contributed by atoms with van der Waals surface area (Å²) in [5.74, 6) is 0.424. The maximum Gasteiger partial charge on any atom is 0.190 e. The first-order valence-electron chi connectivity index (χ1n) is 4.35. The predicted molar refractivity (Wildman–Crippen MR) is 61.9 cm³/mol. The summed E-state index contributed by atoms with van der Waals surface area (Å²) >= 11 is 11.6. The molecule has 1 rings (SSSR count). The molecule has 4 heteroatoms. The number of carbonyl (C=O) groups is 1. The third kappa shape index (κ3) is 3.57. The van der Waals surface area contributed by atoms with Crippen molar-refractivity contribution in [3.63, 3.8) is 0 Å². The van der Waals surface area contributed by atoms with Crippen LogP contribution in [0.5, 0.6) is 5.75 Å². The summed E-state index contributed by atoms with van der Waals surface area (Å²) in [5.41, 5.74) is -0.201. The van der Waals surface area contributed by atoms with E-state index < -0.39 is 5.56 Å². The Bertz CT molecular complexity index is 375. The molecule has 0 radical (unpaired) electrons. The Morgan fingerprint density at radius 2 is 2.20 bits per heavy atom. The first kappa shape index (κ1) is 12.1. The number of allylic oxidation sites excluding steroid dienone is 1. The number of halogens is 2. The molecule has 1 aromatic rings. The van der Waals surface area contributed by atoms with Crippen LogP contribution in [0, 0.1) is 0 Å². The number of carbonyl (C=O) groups excluding carboxylic acids is 1. The zero-order valence-corrected chi connectivity index (χ0v) is 9.63. The van der Waals surface area contributed by atoms with Crippen LogP contribution < -0.4 is 4.74 Å². The Labute approximate surface area is 98.4 Å². The van der Waals surface area contributed by atoms with E-state index in [0.717, 1.165) is 0 Å². The number of aldehydes is 1. The average Bonchev–Trinajstić information content (AvgIpc) is 2.21. The molecule has 0 aromatic heterocycles. The van der Waals surface area contributed by atoms with Gasteiger partial charge in [0.15, 0.2) is 11.8 Å². The second-order valence-electron chi connectivity index (χ2n) is 2.79. The van der Waals surface area contributed by atoms with E-state index in [9.17, 15) is 4.79 Å². The van der Waals surface area contributed by atoms with Gasteiger partial charge >= 0.3 is 0 Å². The lowest BCUT2D eigenvalue weighted by Crippen LogP contribution is -2.06. The van der Waals surface area contributed by atoms with Crippen molar-refractivity contribution < 1.29 is 9.53 Å². The molecule has 1 aromatic carbocycles. The standard InChI is InChI=1S/C11H10Cl2O2/c1-2-3-11(13)15-10-5-4-9(12)6-8(10)7-14/h2-7,11H,1H3. The highest BCUT2D eigenvalue weighted by molar-refractivity contribution is 6.30. The number of hydrogen-bond acceptors (Lipinski definition) is 2. The first-order valence-corrected chi connectivity index (χ1v) is 5.17. The van der Waals surface area contributed by atoms with Gasteiger partial charge in [-0.2, -0.15) is 0 Å². The second kappa shape index (κ2) is 5.79. The molecule has 1 atom stereocenters. The van der Waals surface area contributed by atoms with Crippen LogP contribution in [0.25, 0.3) is 0 Å². The number of alkyl halides is 1. The van der Waals surface area contributed by atoms with Crippen molar-refractivity contribution >= 4 is 29.5 Å².